The molecule has 0 spiro atoms. The Balaban J connectivity index is 0.00000441. The Hall–Kier alpha value is -1.80. The highest BCUT2D eigenvalue weighted by Gasteiger charge is 2.19. The summed E-state index contributed by atoms with van der Waals surface area (Å²) in [5.74, 6) is -6.25. The third kappa shape index (κ3) is 5.19. The first kappa shape index (κ1) is 20.2. The molecule has 2 atom stereocenters. The van der Waals surface area contributed by atoms with Gasteiger partial charge in [0.1, 0.15) is 0 Å². The fourth-order valence-electron chi connectivity index (χ4n) is 1.38. The van der Waals surface area contributed by atoms with Gasteiger partial charge >= 0.3 is 0 Å². The van der Waals surface area contributed by atoms with E-state index in [2.05, 4.69) is 5.32 Å². The van der Waals surface area contributed by atoms with Crippen molar-refractivity contribution < 1.29 is 22.8 Å². The van der Waals surface area contributed by atoms with Crippen molar-refractivity contribution in [2.75, 3.05) is 11.9 Å². The predicted octanol–water partition coefficient (Wildman–Crippen LogP) is 1.56. The lowest BCUT2D eigenvalue weighted by atomic mass is 10.0. The minimum atomic E-state index is -1.68. The average molecular weight is 340 g/mol. The van der Waals surface area contributed by atoms with Gasteiger partial charge < -0.3 is 16.4 Å². The summed E-state index contributed by atoms with van der Waals surface area (Å²) in [5, 5.41) is 4.34. The van der Waals surface area contributed by atoms with Crippen molar-refractivity contribution in [3.8, 4) is 0 Å². The van der Waals surface area contributed by atoms with E-state index in [0.29, 0.717) is 6.07 Å². The third-order valence-electron chi connectivity index (χ3n) is 2.93. The first-order chi connectivity index (χ1) is 9.73. The fraction of sp³-hybridized carbons (Fsp3) is 0.385. The summed E-state index contributed by atoms with van der Waals surface area (Å²) in [6.07, 6.45) is 0. The summed E-state index contributed by atoms with van der Waals surface area (Å²) >= 11 is 0. The van der Waals surface area contributed by atoms with E-state index in [4.69, 9.17) is 5.73 Å². The summed E-state index contributed by atoms with van der Waals surface area (Å²) in [7, 11) is 0. The van der Waals surface area contributed by atoms with Crippen LogP contribution >= 0.6 is 12.4 Å². The number of nitrogens with two attached hydrogens (primary N) is 1. The van der Waals surface area contributed by atoms with Gasteiger partial charge in [-0.3, -0.25) is 9.59 Å². The number of benzene rings is 1. The number of carbonyl (C=O) groups excluding carboxylic acids is 2. The molecule has 0 bridgehead atoms. The van der Waals surface area contributed by atoms with Crippen LogP contribution in [-0.2, 0) is 9.59 Å². The Morgan fingerprint density at radius 2 is 1.77 bits per heavy atom. The van der Waals surface area contributed by atoms with E-state index in [0.717, 1.165) is 6.07 Å². The molecule has 1 aromatic rings. The highest BCUT2D eigenvalue weighted by molar-refractivity contribution is 5.94. The second-order valence-corrected chi connectivity index (χ2v) is 4.64. The van der Waals surface area contributed by atoms with E-state index in [1.54, 1.807) is 13.8 Å². The van der Waals surface area contributed by atoms with Crippen LogP contribution in [0.4, 0.5) is 18.9 Å². The van der Waals surface area contributed by atoms with E-state index in [9.17, 15) is 22.8 Å². The van der Waals surface area contributed by atoms with E-state index in [1.165, 1.54) is 0 Å². The van der Waals surface area contributed by atoms with Gasteiger partial charge in [-0.2, -0.15) is 0 Å². The average Bonchev–Trinajstić information content (AvgIpc) is 2.44. The predicted molar refractivity (Wildman–Crippen MR) is 78.0 cm³/mol. The normalized spacial score (nSPS) is 12.8. The SMILES string of the molecule is CC(N)C(C)C(=O)NCC(=O)Nc1ccc(F)c(F)c1F.Cl. The lowest BCUT2D eigenvalue weighted by Crippen LogP contribution is -2.41. The first-order valence-corrected chi connectivity index (χ1v) is 6.20. The van der Waals surface area contributed by atoms with Crippen molar-refractivity contribution in [2.45, 2.75) is 19.9 Å². The molecule has 124 valence electrons. The second-order valence-electron chi connectivity index (χ2n) is 4.64. The molecule has 0 aliphatic carbocycles. The topological polar surface area (TPSA) is 84.2 Å². The van der Waals surface area contributed by atoms with Crippen molar-refractivity contribution in [3.63, 3.8) is 0 Å². The molecular weight excluding hydrogens is 323 g/mol. The Kier molecular flexibility index (Phi) is 7.89. The maximum Gasteiger partial charge on any atom is 0.243 e. The molecule has 0 saturated carbocycles. The largest absolute Gasteiger partial charge is 0.347 e. The smallest absolute Gasteiger partial charge is 0.243 e. The number of amides is 2. The molecule has 0 fully saturated rings. The number of halogens is 4. The number of carbonyl (C=O) groups is 2. The highest BCUT2D eigenvalue weighted by Crippen LogP contribution is 2.19. The van der Waals surface area contributed by atoms with Crippen LogP contribution < -0.4 is 16.4 Å². The Morgan fingerprint density at radius 3 is 2.32 bits per heavy atom. The number of nitrogens with one attached hydrogen (secondary N) is 2. The van der Waals surface area contributed by atoms with Gasteiger partial charge in [0.2, 0.25) is 11.8 Å². The van der Waals surface area contributed by atoms with Gasteiger partial charge in [-0.15, -0.1) is 12.4 Å². The molecule has 2 unspecified atom stereocenters. The van der Waals surface area contributed by atoms with Crippen LogP contribution in [0.1, 0.15) is 13.8 Å². The molecule has 4 N–H and O–H groups in total. The van der Waals surface area contributed by atoms with E-state index in [1.807, 2.05) is 5.32 Å². The zero-order valence-corrected chi connectivity index (χ0v) is 12.8. The van der Waals surface area contributed by atoms with Crippen molar-refractivity contribution >= 4 is 29.9 Å². The van der Waals surface area contributed by atoms with E-state index >= 15 is 0 Å². The summed E-state index contributed by atoms with van der Waals surface area (Å²) in [4.78, 5) is 23.1. The standard InChI is InChI=1S/C13H16F3N3O2.ClH/c1-6(7(2)17)13(21)18-5-10(20)19-9-4-3-8(14)11(15)12(9)16;/h3-4,6-7H,5,17H2,1-2H3,(H,18,21)(H,19,20);1H. The minimum Gasteiger partial charge on any atom is -0.347 e. The minimum absolute atomic E-state index is 0. The van der Waals surface area contributed by atoms with Crippen LogP contribution in [0.25, 0.3) is 0 Å². The summed E-state index contributed by atoms with van der Waals surface area (Å²) in [5.41, 5.74) is 5.02. The monoisotopic (exact) mass is 339 g/mol. The van der Waals surface area contributed by atoms with Crippen LogP contribution in [0, 0.1) is 23.4 Å². The molecule has 5 nitrogen and oxygen atoms in total. The molecule has 0 aliphatic rings. The lowest BCUT2D eigenvalue weighted by Gasteiger charge is -2.15. The Morgan fingerprint density at radius 1 is 1.18 bits per heavy atom. The number of anilines is 1. The maximum absolute atomic E-state index is 13.3. The van der Waals surface area contributed by atoms with Crippen LogP contribution in [0.5, 0.6) is 0 Å². The summed E-state index contributed by atoms with van der Waals surface area (Å²) in [6.45, 7) is 2.79. The molecule has 0 saturated heterocycles. The van der Waals surface area contributed by atoms with Crippen molar-refractivity contribution in [3.05, 3.63) is 29.6 Å². The fourth-order valence-corrected chi connectivity index (χ4v) is 1.38. The Bertz CT molecular complexity index is 556. The van der Waals surface area contributed by atoms with Crippen LogP contribution in [0.15, 0.2) is 12.1 Å². The van der Waals surface area contributed by atoms with Crippen molar-refractivity contribution in [2.24, 2.45) is 11.7 Å². The zero-order valence-electron chi connectivity index (χ0n) is 12.0. The van der Waals surface area contributed by atoms with Crippen molar-refractivity contribution in [1.29, 1.82) is 0 Å². The van der Waals surface area contributed by atoms with Gasteiger partial charge in [-0.25, -0.2) is 13.2 Å². The summed E-state index contributed by atoms with van der Waals surface area (Å²) < 4.78 is 39.0. The molecule has 1 rings (SSSR count). The van der Waals surface area contributed by atoms with Gasteiger partial charge in [0.05, 0.1) is 12.2 Å². The molecule has 2 amide bonds. The van der Waals surface area contributed by atoms with Crippen LogP contribution in [0.3, 0.4) is 0 Å². The highest BCUT2D eigenvalue weighted by atomic mass is 35.5. The number of hydrogen-bond donors (Lipinski definition) is 3. The molecule has 9 heteroatoms. The molecule has 0 aliphatic heterocycles. The van der Waals surface area contributed by atoms with Gasteiger partial charge in [0, 0.05) is 12.0 Å². The summed E-state index contributed by atoms with van der Waals surface area (Å²) in [6, 6.07) is 1.18. The molecule has 0 aromatic heterocycles. The Labute approximate surface area is 131 Å². The second kappa shape index (κ2) is 8.60. The number of rotatable bonds is 5. The molecule has 0 radical (unpaired) electrons. The van der Waals surface area contributed by atoms with Gasteiger partial charge in [0.25, 0.3) is 0 Å². The first-order valence-electron chi connectivity index (χ1n) is 6.20. The molecule has 1 aromatic carbocycles. The number of hydrogen-bond acceptors (Lipinski definition) is 3. The quantitative estimate of drug-likeness (QED) is 0.712. The maximum atomic E-state index is 13.3. The third-order valence-corrected chi connectivity index (χ3v) is 2.93. The molecule has 22 heavy (non-hydrogen) atoms. The van der Waals surface area contributed by atoms with Gasteiger partial charge in [-0.1, -0.05) is 6.92 Å². The molecule has 0 heterocycles. The van der Waals surface area contributed by atoms with Crippen LogP contribution in [0.2, 0.25) is 0 Å². The molecular formula is C13H17ClF3N3O2. The van der Waals surface area contributed by atoms with E-state index in [-0.39, 0.29) is 12.4 Å². The lowest BCUT2D eigenvalue weighted by molar-refractivity contribution is -0.127. The zero-order chi connectivity index (χ0) is 16.2. The van der Waals surface area contributed by atoms with E-state index < -0.39 is 53.5 Å². The van der Waals surface area contributed by atoms with Crippen molar-refractivity contribution in [1.82, 2.24) is 5.32 Å². The van der Waals surface area contributed by atoms with Gasteiger partial charge in [-0.05, 0) is 19.1 Å². The van der Waals surface area contributed by atoms with Gasteiger partial charge in [0.15, 0.2) is 17.5 Å². The van der Waals surface area contributed by atoms with Crippen LogP contribution in [-0.4, -0.2) is 24.4 Å².